The summed E-state index contributed by atoms with van der Waals surface area (Å²) in [6.07, 6.45) is 2.25. The monoisotopic (exact) mass is 238 g/mol. The average molecular weight is 238 g/mol. The van der Waals surface area contributed by atoms with E-state index in [1.54, 1.807) is 0 Å². The molecule has 0 radical (unpaired) electrons. The number of likely N-dealkylation sites (tertiary alicyclic amines) is 1. The van der Waals surface area contributed by atoms with Crippen molar-refractivity contribution in [3.05, 3.63) is 0 Å². The van der Waals surface area contributed by atoms with Crippen LogP contribution in [-0.4, -0.2) is 35.5 Å². The van der Waals surface area contributed by atoms with Gasteiger partial charge in [-0.3, -0.25) is 4.79 Å². The highest BCUT2D eigenvalue weighted by Gasteiger charge is 2.49. The Hall–Kier alpha value is -0.570. The molecule has 1 saturated heterocycles. The highest BCUT2D eigenvalue weighted by molar-refractivity contribution is 5.84. The molecule has 17 heavy (non-hydrogen) atoms. The van der Waals surface area contributed by atoms with E-state index in [1.165, 1.54) is 6.42 Å². The van der Waals surface area contributed by atoms with Crippen LogP contribution in [0.5, 0.6) is 0 Å². The molecule has 2 aliphatic rings. The number of rotatable bonds is 4. The van der Waals surface area contributed by atoms with Gasteiger partial charge in [0.05, 0.1) is 6.04 Å². The molecule has 3 atom stereocenters. The van der Waals surface area contributed by atoms with E-state index in [1.807, 2.05) is 4.90 Å². The summed E-state index contributed by atoms with van der Waals surface area (Å²) in [7, 11) is 0. The Labute approximate surface area is 105 Å². The maximum Gasteiger partial charge on any atom is 0.240 e. The molecule has 3 heteroatoms. The fourth-order valence-electron chi connectivity index (χ4n) is 3.16. The zero-order valence-corrected chi connectivity index (χ0v) is 11.8. The van der Waals surface area contributed by atoms with Crippen LogP contribution in [0.3, 0.4) is 0 Å². The predicted molar refractivity (Wildman–Crippen MR) is 69.7 cm³/mol. The van der Waals surface area contributed by atoms with Gasteiger partial charge >= 0.3 is 0 Å². The molecule has 3 nitrogen and oxygen atoms in total. The molecule has 0 aromatic carbocycles. The molecule has 98 valence electrons. The number of hydrogen-bond donors (Lipinski definition) is 1. The molecule has 2 rings (SSSR count). The van der Waals surface area contributed by atoms with Crippen molar-refractivity contribution in [1.82, 2.24) is 10.2 Å². The zero-order chi connectivity index (χ0) is 12.8. The molecule has 1 N–H and O–H groups in total. The lowest BCUT2D eigenvalue weighted by atomic mass is 10.0. The van der Waals surface area contributed by atoms with Gasteiger partial charge in [0.2, 0.25) is 5.91 Å². The molecule has 1 saturated carbocycles. The Balaban J connectivity index is 1.87. The van der Waals surface area contributed by atoms with E-state index in [2.05, 4.69) is 39.9 Å². The van der Waals surface area contributed by atoms with Crippen molar-refractivity contribution in [3.63, 3.8) is 0 Å². The lowest BCUT2D eigenvalue weighted by molar-refractivity contribution is -0.131. The summed E-state index contributed by atoms with van der Waals surface area (Å²) in [6.45, 7) is 11.9. The number of nitrogens with zero attached hydrogens (tertiary/aromatic N) is 1. The third-order valence-corrected chi connectivity index (χ3v) is 4.52. The number of hydrogen-bond acceptors (Lipinski definition) is 2. The van der Waals surface area contributed by atoms with Crippen molar-refractivity contribution in [2.24, 2.45) is 11.3 Å². The Bertz CT molecular complexity index is 311. The summed E-state index contributed by atoms with van der Waals surface area (Å²) in [5.41, 5.74) is 0.478. The van der Waals surface area contributed by atoms with Crippen LogP contribution < -0.4 is 5.32 Å². The van der Waals surface area contributed by atoms with Crippen LogP contribution in [-0.2, 0) is 4.79 Å². The summed E-state index contributed by atoms with van der Waals surface area (Å²) >= 11 is 0. The minimum absolute atomic E-state index is 0.0591. The molecule has 1 heterocycles. The third kappa shape index (κ3) is 2.49. The lowest BCUT2D eigenvalue weighted by Gasteiger charge is -2.23. The molecular weight excluding hydrogens is 212 g/mol. The summed E-state index contributed by atoms with van der Waals surface area (Å²) < 4.78 is 0. The first-order valence-corrected chi connectivity index (χ1v) is 6.89. The molecule has 0 aromatic rings. The summed E-state index contributed by atoms with van der Waals surface area (Å²) in [6, 6.07) is 0.858. The summed E-state index contributed by atoms with van der Waals surface area (Å²) in [4.78, 5) is 14.1. The first kappa shape index (κ1) is 12.9. The second-order valence-corrected chi connectivity index (χ2v) is 6.72. The smallest absolute Gasteiger partial charge is 0.240 e. The van der Waals surface area contributed by atoms with Crippen LogP contribution in [0.15, 0.2) is 0 Å². The maximum absolute atomic E-state index is 12.2. The van der Waals surface area contributed by atoms with Crippen LogP contribution in [0.4, 0.5) is 0 Å². The number of nitrogens with one attached hydrogen (secondary N) is 1. The maximum atomic E-state index is 12.2. The molecule has 1 aliphatic heterocycles. The molecule has 2 fully saturated rings. The van der Waals surface area contributed by atoms with E-state index < -0.39 is 0 Å². The molecular formula is C14H26N2O. The van der Waals surface area contributed by atoms with Crippen molar-refractivity contribution in [3.8, 4) is 0 Å². The Morgan fingerprint density at radius 1 is 1.35 bits per heavy atom. The van der Waals surface area contributed by atoms with E-state index >= 15 is 0 Å². The second-order valence-electron chi connectivity index (χ2n) is 6.72. The van der Waals surface area contributed by atoms with E-state index in [-0.39, 0.29) is 6.04 Å². The zero-order valence-electron chi connectivity index (χ0n) is 11.8. The fourth-order valence-corrected chi connectivity index (χ4v) is 3.16. The van der Waals surface area contributed by atoms with Gasteiger partial charge in [-0.1, -0.05) is 13.8 Å². The van der Waals surface area contributed by atoms with Crippen LogP contribution in [0.2, 0.25) is 0 Å². The van der Waals surface area contributed by atoms with Crippen LogP contribution in [0.1, 0.15) is 47.5 Å². The highest BCUT2D eigenvalue weighted by atomic mass is 16.2. The Morgan fingerprint density at radius 2 is 1.94 bits per heavy atom. The van der Waals surface area contributed by atoms with Crippen molar-refractivity contribution in [2.75, 3.05) is 6.54 Å². The lowest BCUT2D eigenvalue weighted by Crippen LogP contribution is -2.45. The van der Waals surface area contributed by atoms with Gasteiger partial charge in [-0.15, -0.1) is 0 Å². The minimum atomic E-state index is 0.0591. The first-order valence-electron chi connectivity index (χ1n) is 6.89. The van der Waals surface area contributed by atoms with Gasteiger partial charge in [0.15, 0.2) is 0 Å². The second kappa shape index (κ2) is 4.27. The average Bonchev–Trinajstić information content (AvgIpc) is 2.70. The fraction of sp³-hybridized carbons (Fsp3) is 0.929. The van der Waals surface area contributed by atoms with Gasteiger partial charge in [-0.2, -0.15) is 0 Å². The quantitative estimate of drug-likeness (QED) is 0.812. The van der Waals surface area contributed by atoms with E-state index in [0.717, 1.165) is 18.9 Å². The number of carbonyl (C=O) groups excluding carboxylic acids is 1. The Kier molecular flexibility index (Phi) is 3.23. The summed E-state index contributed by atoms with van der Waals surface area (Å²) in [5.74, 6) is 1.04. The van der Waals surface area contributed by atoms with Gasteiger partial charge in [0.1, 0.15) is 0 Å². The molecule has 0 aromatic heterocycles. The SMILES string of the molecule is CC(C)N1CC[C@H](N[C@@H](C)[C@@H]2CC2(C)C)C1=O. The van der Waals surface area contributed by atoms with Gasteiger partial charge in [-0.05, 0) is 44.9 Å². The molecule has 0 unspecified atom stereocenters. The molecule has 0 bridgehead atoms. The standard InChI is InChI=1S/C14H26N2O/c1-9(2)16-7-6-12(13(16)17)15-10(3)11-8-14(11,4)5/h9-12,15H,6-8H2,1-5H3/t10-,11-,12-/m0/s1. The number of carbonyl (C=O) groups is 1. The minimum Gasteiger partial charge on any atom is -0.339 e. The topological polar surface area (TPSA) is 32.3 Å². The van der Waals surface area contributed by atoms with Gasteiger partial charge in [0.25, 0.3) is 0 Å². The predicted octanol–water partition coefficient (Wildman–Crippen LogP) is 2.02. The largest absolute Gasteiger partial charge is 0.339 e. The molecule has 0 spiro atoms. The number of amides is 1. The van der Waals surface area contributed by atoms with Crippen molar-refractivity contribution >= 4 is 5.91 Å². The normalized spacial score (nSPS) is 33.3. The molecule has 1 amide bonds. The Morgan fingerprint density at radius 3 is 2.35 bits per heavy atom. The molecule has 1 aliphatic carbocycles. The van der Waals surface area contributed by atoms with E-state index in [4.69, 9.17) is 0 Å². The van der Waals surface area contributed by atoms with Crippen LogP contribution >= 0.6 is 0 Å². The van der Waals surface area contributed by atoms with Crippen LogP contribution in [0.25, 0.3) is 0 Å². The van der Waals surface area contributed by atoms with Crippen molar-refractivity contribution < 1.29 is 4.79 Å². The van der Waals surface area contributed by atoms with Gasteiger partial charge in [-0.25, -0.2) is 0 Å². The van der Waals surface area contributed by atoms with E-state index in [9.17, 15) is 4.79 Å². The van der Waals surface area contributed by atoms with Gasteiger partial charge in [0, 0.05) is 18.6 Å². The van der Waals surface area contributed by atoms with Crippen molar-refractivity contribution in [1.29, 1.82) is 0 Å². The van der Waals surface area contributed by atoms with Gasteiger partial charge < -0.3 is 10.2 Å². The van der Waals surface area contributed by atoms with Crippen LogP contribution in [0, 0.1) is 11.3 Å². The van der Waals surface area contributed by atoms with Crippen molar-refractivity contribution in [2.45, 2.75) is 65.6 Å². The summed E-state index contributed by atoms with van der Waals surface area (Å²) in [5, 5.41) is 3.54. The highest BCUT2D eigenvalue weighted by Crippen LogP contribution is 2.53. The third-order valence-electron chi connectivity index (χ3n) is 4.52. The first-order chi connectivity index (χ1) is 7.83. The van der Waals surface area contributed by atoms with E-state index in [0.29, 0.717) is 23.4 Å².